The number of aliphatic hydroxyl groups is 1. The Labute approximate surface area is 93.5 Å². The fourth-order valence-corrected chi connectivity index (χ4v) is 1.31. The first-order chi connectivity index (χ1) is 7.63. The molecule has 0 saturated carbocycles. The Morgan fingerprint density at radius 2 is 2.12 bits per heavy atom. The van der Waals surface area contributed by atoms with Gasteiger partial charge in [0.2, 0.25) is 0 Å². The van der Waals surface area contributed by atoms with Gasteiger partial charge in [-0.3, -0.25) is 4.79 Å². The van der Waals surface area contributed by atoms with Crippen molar-refractivity contribution in [3.8, 4) is 5.75 Å². The van der Waals surface area contributed by atoms with Crippen LogP contribution in [-0.4, -0.2) is 27.9 Å². The molecule has 1 rings (SSSR count). The molecule has 0 bridgehead atoms. The van der Waals surface area contributed by atoms with Crippen molar-refractivity contribution in [2.75, 3.05) is 6.61 Å². The lowest BCUT2D eigenvalue weighted by Crippen LogP contribution is -1.99. The summed E-state index contributed by atoms with van der Waals surface area (Å²) < 4.78 is 0. The highest BCUT2D eigenvalue weighted by Gasteiger charge is 2.03. The van der Waals surface area contributed by atoms with E-state index < -0.39 is 5.97 Å². The highest BCUT2D eigenvalue weighted by molar-refractivity contribution is 5.71. The Morgan fingerprint density at radius 1 is 1.38 bits per heavy atom. The SMILES string of the molecule is O=C(O)Cc1ccc(O)c(C=CCCO)c1. The van der Waals surface area contributed by atoms with Gasteiger partial charge in [-0.2, -0.15) is 0 Å². The molecule has 0 aliphatic rings. The first kappa shape index (κ1) is 12.3. The van der Waals surface area contributed by atoms with E-state index in [2.05, 4.69) is 0 Å². The molecule has 4 nitrogen and oxygen atoms in total. The Hall–Kier alpha value is -1.81. The van der Waals surface area contributed by atoms with Crippen LogP contribution < -0.4 is 0 Å². The minimum absolute atomic E-state index is 0.0477. The van der Waals surface area contributed by atoms with Gasteiger partial charge < -0.3 is 15.3 Å². The van der Waals surface area contributed by atoms with Crippen LogP contribution in [0.2, 0.25) is 0 Å². The van der Waals surface area contributed by atoms with Gasteiger partial charge in [0.05, 0.1) is 6.42 Å². The molecule has 16 heavy (non-hydrogen) atoms. The number of phenolic OH excluding ortho intramolecular Hbond substituents is 1. The number of carboxylic acid groups (broad SMARTS) is 1. The lowest BCUT2D eigenvalue weighted by atomic mass is 10.1. The number of carbonyl (C=O) groups is 1. The van der Waals surface area contributed by atoms with E-state index in [1.54, 1.807) is 24.3 Å². The summed E-state index contributed by atoms with van der Waals surface area (Å²) in [7, 11) is 0. The second-order valence-corrected chi connectivity index (χ2v) is 3.38. The smallest absolute Gasteiger partial charge is 0.307 e. The van der Waals surface area contributed by atoms with Crippen LogP contribution in [0.25, 0.3) is 6.08 Å². The van der Waals surface area contributed by atoms with Crippen molar-refractivity contribution in [3.05, 3.63) is 35.4 Å². The van der Waals surface area contributed by atoms with Gasteiger partial charge >= 0.3 is 5.97 Å². The Kier molecular flexibility index (Phi) is 4.54. The number of phenols is 1. The summed E-state index contributed by atoms with van der Waals surface area (Å²) in [5.74, 6) is -0.806. The third-order valence-electron chi connectivity index (χ3n) is 2.04. The van der Waals surface area contributed by atoms with Gasteiger partial charge in [0.15, 0.2) is 0 Å². The van der Waals surface area contributed by atoms with Gasteiger partial charge in [-0.25, -0.2) is 0 Å². The van der Waals surface area contributed by atoms with E-state index in [9.17, 15) is 9.90 Å². The molecule has 0 amide bonds. The summed E-state index contributed by atoms with van der Waals surface area (Å²) in [6.07, 6.45) is 3.82. The lowest BCUT2D eigenvalue weighted by Gasteiger charge is -2.02. The van der Waals surface area contributed by atoms with E-state index in [1.165, 1.54) is 6.07 Å². The zero-order chi connectivity index (χ0) is 12.0. The Balaban J connectivity index is 2.85. The van der Waals surface area contributed by atoms with E-state index in [0.29, 0.717) is 17.5 Å². The van der Waals surface area contributed by atoms with Crippen LogP contribution in [-0.2, 0) is 11.2 Å². The monoisotopic (exact) mass is 222 g/mol. The highest BCUT2D eigenvalue weighted by Crippen LogP contribution is 2.20. The fourth-order valence-electron chi connectivity index (χ4n) is 1.31. The Morgan fingerprint density at radius 3 is 2.75 bits per heavy atom. The first-order valence-corrected chi connectivity index (χ1v) is 4.94. The zero-order valence-corrected chi connectivity index (χ0v) is 8.76. The normalized spacial score (nSPS) is 10.8. The number of benzene rings is 1. The molecule has 0 radical (unpaired) electrons. The Bertz CT molecular complexity index is 396. The average Bonchev–Trinajstić information content (AvgIpc) is 2.22. The van der Waals surface area contributed by atoms with Crippen molar-refractivity contribution in [3.63, 3.8) is 0 Å². The maximum Gasteiger partial charge on any atom is 0.307 e. The largest absolute Gasteiger partial charge is 0.507 e. The van der Waals surface area contributed by atoms with Crippen LogP contribution in [0.3, 0.4) is 0 Å². The van der Waals surface area contributed by atoms with Crippen molar-refractivity contribution in [1.29, 1.82) is 0 Å². The van der Waals surface area contributed by atoms with Gasteiger partial charge in [-0.1, -0.05) is 18.2 Å². The second-order valence-electron chi connectivity index (χ2n) is 3.38. The van der Waals surface area contributed by atoms with E-state index in [0.717, 1.165) is 0 Å². The van der Waals surface area contributed by atoms with Crippen molar-refractivity contribution in [2.24, 2.45) is 0 Å². The van der Waals surface area contributed by atoms with Gasteiger partial charge in [0, 0.05) is 12.2 Å². The number of aliphatic carboxylic acids is 1. The standard InChI is InChI=1S/C12H14O4/c13-6-2-1-3-10-7-9(8-12(15)16)4-5-11(10)14/h1,3-5,7,13-14H,2,6,8H2,(H,15,16). The molecule has 0 aromatic heterocycles. The summed E-state index contributed by atoms with van der Waals surface area (Å²) in [4.78, 5) is 10.5. The maximum atomic E-state index is 10.5. The fraction of sp³-hybridized carbons (Fsp3) is 0.250. The summed E-state index contributed by atoms with van der Waals surface area (Å²) in [5.41, 5.74) is 1.20. The van der Waals surface area contributed by atoms with Gasteiger partial charge in [-0.05, 0) is 24.1 Å². The van der Waals surface area contributed by atoms with Crippen molar-refractivity contribution in [1.82, 2.24) is 0 Å². The summed E-state index contributed by atoms with van der Waals surface area (Å²) >= 11 is 0. The lowest BCUT2D eigenvalue weighted by molar-refractivity contribution is -0.136. The molecule has 0 heterocycles. The molecule has 0 fully saturated rings. The minimum atomic E-state index is -0.907. The second kappa shape index (κ2) is 5.92. The molecule has 3 N–H and O–H groups in total. The molecule has 1 aromatic carbocycles. The molecule has 1 aromatic rings. The topological polar surface area (TPSA) is 77.8 Å². The minimum Gasteiger partial charge on any atom is -0.507 e. The molecule has 86 valence electrons. The average molecular weight is 222 g/mol. The zero-order valence-electron chi connectivity index (χ0n) is 8.76. The summed E-state index contributed by atoms with van der Waals surface area (Å²) in [5, 5.41) is 26.7. The van der Waals surface area contributed by atoms with Gasteiger partial charge in [0.25, 0.3) is 0 Å². The van der Waals surface area contributed by atoms with Crippen LogP contribution in [0.5, 0.6) is 5.75 Å². The molecule has 4 heteroatoms. The summed E-state index contributed by atoms with van der Waals surface area (Å²) in [6.45, 7) is 0.0477. The van der Waals surface area contributed by atoms with Crippen molar-refractivity contribution in [2.45, 2.75) is 12.8 Å². The molecule has 0 aliphatic carbocycles. The van der Waals surface area contributed by atoms with Crippen LogP contribution >= 0.6 is 0 Å². The van der Waals surface area contributed by atoms with E-state index in [4.69, 9.17) is 10.2 Å². The maximum absolute atomic E-state index is 10.5. The third-order valence-corrected chi connectivity index (χ3v) is 2.04. The van der Waals surface area contributed by atoms with Gasteiger partial charge in [-0.15, -0.1) is 0 Å². The third kappa shape index (κ3) is 3.74. The molecule has 0 unspecified atom stereocenters. The van der Waals surface area contributed by atoms with Crippen LogP contribution in [0.1, 0.15) is 17.5 Å². The molecule has 0 atom stereocenters. The van der Waals surface area contributed by atoms with Crippen molar-refractivity contribution >= 4 is 12.0 Å². The number of hydrogen-bond acceptors (Lipinski definition) is 3. The quantitative estimate of drug-likeness (QED) is 0.704. The van der Waals surface area contributed by atoms with Crippen LogP contribution in [0.15, 0.2) is 24.3 Å². The summed E-state index contributed by atoms with van der Waals surface area (Å²) in [6, 6.07) is 4.67. The van der Waals surface area contributed by atoms with E-state index >= 15 is 0 Å². The first-order valence-electron chi connectivity index (χ1n) is 4.94. The van der Waals surface area contributed by atoms with Crippen LogP contribution in [0.4, 0.5) is 0 Å². The number of rotatable bonds is 5. The molecular formula is C12H14O4. The van der Waals surface area contributed by atoms with Gasteiger partial charge in [0.1, 0.15) is 5.75 Å². The van der Waals surface area contributed by atoms with E-state index in [-0.39, 0.29) is 18.8 Å². The predicted octanol–water partition coefficient (Wildman–Crippen LogP) is 1.41. The van der Waals surface area contributed by atoms with Crippen molar-refractivity contribution < 1.29 is 20.1 Å². The molecular weight excluding hydrogens is 208 g/mol. The van der Waals surface area contributed by atoms with Crippen LogP contribution in [0, 0.1) is 0 Å². The molecule has 0 saturated heterocycles. The van der Waals surface area contributed by atoms with E-state index in [1.807, 2.05) is 0 Å². The number of aromatic hydroxyl groups is 1. The predicted molar refractivity (Wildman–Crippen MR) is 60.2 cm³/mol. The molecule has 0 aliphatic heterocycles. The molecule has 0 spiro atoms. The number of aliphatic hydroxyl groups excluding tert-OH is 1. The number of carboxylic acids is 1. The number of hydrogen-bond donors (Lipinski definition) is 3. The highest BCUT2D eigenvalue weighted by atomic mass is 16.4.